The first-order chi connectivity index (χ1) is 10.2. The Balaban J connectivity index is 2.10. The number of nitrogens with zero attached hydrogens (tertiary/aromatic N) is 1. The van der Waals surface area contributed by atoms with Crippen LogP contribution < -0.4 is 5.73 Å². The minimum Gasteiger partial charge on any atom is -0.508 e. The molecule has 1 saturated heterocycles. The third-order valence-corrected chi connectivity index (χ3v) is 4.76. The second-order valence-corrected chi connectivity index (χ2v) is 6.05. The van der Waals surface area contributed by atoms with Crippen molar-refractivity contribution in [3.63, 3.8) is 0 Å². The topological polar surface area (TPSA) is 49.5 Å². The van der Waals surface area contributed by atoms with Gasteiger partial charge in [0, 0.05) is 18.2 Å². The minimum absolute atomic E-state index is 0.0893. The first kappa shape index (κ1) is 14.4. The van der Waals surface area contributed by atoms with Gasteiger partial charge in [0.05, 0.1) is 6.04 Å². The summed E-state index contributed by atoms with van der Waals surface area (Å²) in [5.74, 6) is 0.363. The fraction of sp³-hybridized carbons (Fsp3) is 0.444. The van der Waals surface area contributed by atoms with Crippen molar-refractivity contribution >= 4 is 10.8 Å². The summed E-state index contributed by atoms with van der Waals surface area (Å²) in [7, 11) is 0. The molecule has 3 nitrogen and oxygen atoms in total. The minimum atomic E-state index is 0.0893. The second kappa shape index (κ2) is 6.04. The van der Waals surface area contributed by atoms with Crippen LogP contribution in [-0.4, -0.2) is 29.1 Å². The second-order valence-electron chi connectivity index (χ2n) is 6.05. The molecule has 2 unspecified atom stereocenters. The SMILES string of the molecule is CC1CCCCN1C(CN)c1c(O)ccc2ccccc12. The van der Waals surface area contributed by atoms with Gasteiger partial charge in [0.2, 0.25) is 0 Å². The van der Waals surface area contributed by atoms with E-state index in [2.05, 4.69) is 24.0 Å². The lowest BCUT2D eigenvalue weighted by Gasteiger charge is -2.40. The summed E-state index contributed by atoms with van der Waals surface area (Å²) in [5.41, 5.74) is 7.10. The van der Waals surface area contributed by atoms with Crippen LogP contribution in [0.5, 0.6) is 5.75 Å². The van der Waals surface area contributed by atoms with Crippen molar-refractivity contribution in [3.05, 3.63) is 42.0 Å². The molecule has 1 aliphatic rings. The number of phenols is 1. The van der Waals surface area contributed by atoms with Crippen LogP contribution in [0.25, 0.3) is 10.8 Å². The Kier molecular flexibility index (Phi) is 4.13. The molecule has 0 amide bonds. The largest absolute Gasteiger partial charge is 0.508 e. The monoisotopic (exact) mass is 284 g/mol. The van der Waals surface area contributed by atoms with Crippen molar-refractivity contribution in [2.45, 2.75) is 38.3 Å². The molecule has 3 rings (SSSR count). The Morgan fingerprint density at radius 3 is 2.81 bits per heavy atom. The number of piperidine rings is 1. The molecule has 3 N–H and O–H groups in total. The molecule has 3 heteroatoms. The van der Waals surface area contributed by atoms with Gasteiger partial charge >= 0.3 is 0 Å². The number of hydrogen-bond donors (Lipinski definition) is 2. The molecule has 2 aromatic carbocycles. The summed E-state index contributed by atoms with van der Waals surface area (Å²) in [6.45, 7) is 3.86. The van der Waals surface area contributed by atoms with Gasteiger partial charge < -0.3 is 10.8 Å². The van der Waals surface area contributed by atoms with Gasteiger partial charge in [-0.25, -0.2) is 0 Å². The van der Waals surface area contributed by atoms with E-state index in [-0.39, 0.29) is 6.04 Å². The zero-order chi connectivity index (χ0) is 14.8. The quantitative estimate of drug-likeness (QED) is 0.908. The fourth-order valence-electron chi connectivity index (χ4n) is 3.64. The van der Waals surface area contributed by atoms with Gasteiger partial charge in [-0.1, -0.05) is 36.8 Å². The van der Waals surface area contributed by atoms with Crippen molar-refractivity contribution in [1.82, 2.24) is 4.90 Å². The molecule has 1 heterocycles. The molecule has 2 atom stereocenters. The molecule has 1 fully saturated rings. The third kappa shape index (κ3) is 2.63. The number of rotatable bonds is 3. The molecule has 0 spiro atoms. The lowest BCUT2D eigenvalue weighted by molar-refractivity contribution is 0.108. The summed E-state index contributed by atoms with van der Waals surface area (Å²) in [4.78, 5) is 2.46. The van der Waals surface area contributed by atoms with Crippen molar-refractivity contribution in [2.75, 3.05) is 13.1 Å². The van der Waals surface area contributed by atoms with Gasteiger partial charge in [0.15, 0.2) is 0 Å². The van der Waals surface area contributed by atoms with E-state index in [0.29, 0.717) is 18.3 Å². The maximum atomic E-state index is 10.4. The van der Waals surface area contributed by atoms with E-state index in [4.69, 9.17) is 5.73 Å². The molecule has 0 saturated carbocycles. The maximum Gasteiger partial charge on any atom is 0.121 e. The molecule has 0 aliphatic carbocycles. The highest BCUT2D eigenvalue weighted by molar-refractivity contribution is 5.88. The molecule has 0 radical (unpaired) electrons. The molecular formula is C18H24N2O. The van der Waals surface area contributed by atoms with Crippen LogP contribution in [0.2, 0.25) is 0 Å². The Labute approximate surface area is 126 Å². The highest BCUT2D eigenvalue weighted by atomic mass is 16.3. The lowest BCUT2D eigenvalue weighted by Crippen LogP contribution is -2.43. The molecule has 2 aromatic rings. The number of fused-ring (bicyclic) bond motifs is 1. The fourth-order valence-corrected chi connectivity index (χ4v) is 3.64. The van der Waals surface area contributed by atoms with Gasteiger partial charge in [-0.3, -0.25) is 4.90 Å². The molecular weight excluding hydrogens is 260 g/mol. The van der Waals surface area contributed by atoms with Crippen molar-refractivity contribution in [3.8, 4) is 5.75 Å². The predicted octanol–water partition coefficient (Wildman–Crippen LogP) is 3.42. The molecule has 0 aromatic heterocycles. The lowest BCUT2D eigenvalue weighted by atomic mass is 9.93. The summed E-state index contributed by atoms with van der Waals surface area (Å²) in [5, 5.41) is 12.7. The average Bonchev–Trinajstić information content (AvgIpc) is 2.51. The zero-order valence-electron chi connectivity index (χ0n) is 12.6. The summed E-state index contributed by atoms with van der Waals surface area (Å²) in [6.07, 6.45) is 3.71. The van der Waals surface area contributed by atoms with E-state index in [1.54, 1.807) is 6.07 Å². The van der Waals surface area contributed by atoms with Crippen LogP contribution in [0.4, 0.5) is 0 Å². The van der Waals surface area contributed by atoms with Crippen LogP contribution in [0.1, 0.15) is 37.8 Å². The molecule has 1 aliphatic heterocycles. The van der Waals surface area contributed by atoms with Gasteiger partial charge in [0.1, 0.15) is 5.75 Å². The Morgan fingerprint density at radius 2 is 2.05 bits per heavy atom. The van der Waals surface area contributed by atoms with Crippen LogP contribution in [0.3, 0.4) is 0 Å². The zero-order valence-corrected chi connectivity index (χ0v) is 12.6. The van der Waals surface area contributed by atoms with Crippen LogP contribution in [0.15, 0.2) is 36.4 Å². The third-order valence-electron chi connectivity index (χ3n) is 4.76. The highest BCUT2D eigenvalue weighted by Crippen LogP contribution is 2.37. The van der Waals surface area contributed by atoms with Gasteiger partial charge in [-0.2, -0.15) is 0 Å². The number of likely N-dealkylation sites (tertiary alicyclic amines) is 1. The normalized spacial score (nSPS) is 21.5. The first-order valence-electron chi connectivity index (χ1n) is 7.89. The number of aromatic hydroxyl groups is 1. The molecule has 21 heavy (non-hydrogen) atoms. The number of hydrogen-bond acceptors (Lipinski definition) is 3. The van der Waals surface area contributed by atoms with Crippen molar-refractivity contribution in [1.29, 1.82) is 0 Å². The molecule has 112 valence electrons. The Bertz CT molecular complexity index is 626. The Hall–Kier alpha value is -1.58. The first-order valence-corrected chi connectivity index (χ1v) is 7.89. The highest BCUT2D eigenvalue weighted by Gasteiger charge is 2.29. The average molecular weight is 284 g/mol. The van der Waals surface area contributed by atoms with Crippen molar-refractivity contribution in [2.24, 2.45) is 5.73 Å². The number of benzene rings is 2. The van der Waals surface area contributed by atoms with Gasteiger partial charge in [-0.05, 0) is 43.1 Å². The summed E-state index contributed by atoms with van der Waals surface area (Å²) >= 11 is 0. The van der Waals surface area contributed by atoms with Crippen LogP contribution in [0, 0.1) is 0 Å². The van der Waals surface area contributed by atoms with Gasteiger partial charge in [-0.15, -0.1) is 0 Å². The van der Waals surface area contributed by atoms with Gasteiger partial charge in [0.25, 0.3) is 0 Å². The van der Waals surface area contributed by atoms with Crippen molar-refractivity contribution < 1.29 is 5.11 Å². The van der Waals surface area contributed by atoms with Crippen LogP contribution in [-0.2, 0) is 0 Å². The predicted molar refractivity (Wildman–Crippen MR) is 87.4 cm³/mol. The van der Waals surface area contributed by atoms with E-state index in [9.17, 15) is 5.11 Å². The maximum absolute atomic E-state index is 10.4. The standard InChI is InChI=1S/C18H24N2O/c1-13-6-4-5-11-20(13)16(12-19)18-15-8-3-2-7-14(15)9-10-17(18)21/h2-3,7-10,13,16,21H,4-6,11-12,19H2,1H3. The summed E-state index contributed by atoms with van der Waals surface area (Å²) in [6, 6.07) is 12.6. The smallest absolute Gasteiger partial charge is 0.121 e. The van der Waals surface area contributed by atoms with E-state index < -0.39 is 0 Å². The Morgan fingerprint density at radius 1 is 1.24 bits per heavy atom. The van der Waals surface area contributed by atoms with E-state index in [1.165, 1.54) is 19.3 Å². The van der Waals surface area contributed by atoms with E-state index in [1.807, 2.05) is 18.2 Å². The van der Waals surface area contributed by atoms with E-state index in [0.717, 1.165) is 22.9 Å². The van der Waals surface area contributed by atoms with E-state index >= 15 is 0 Å². The number of phenolic OH excluding ortho intramolecular Hbond substituents is 1. The number of nitrogens with two attached hydrogens (primary N) is 1. The van der Waals surface area contributed by atoms with Crippen LogP contribution >= 0.6 is 0 Å². The molecule has 0 bridgehead atoms. The summed E-state index contributed by atoms with van der Waals surface area (Å²) < 4.78 is 0.